The maximum absolute atomic E-state index is 14.6. The van der Waals surface area contributed by atoms with Crippen LogP contribution in [0.15, 0.2) is 36.2 Å². The van der Waals surface area contributed by atoms with Crippen molar-refractivity contribution in [2.75, 3.05) is 26.3 Å². The molecular weight excluding hydrogens is 478 g/mol. The third kappa shape index (κ3) is 8.02. The maximum atomic E-state index is 14.6. The van der Waals surface area contributed by atoms with Crippen molar-refractivity contribution >= 4 is 17.6 Å². The summed E-state index contributed by atoms with van der Waals surface area (Å²) >= 11 is 0. The van der Waals surface area contributed by atoms with E-state index in [4.69, 9.17) is 20.0 Å². The number of carbonyl (C=O) groups is 2. The number of hydrogen-bond donors (Lipinski definition) is 5. The highest BCUT2D eigenvalue weighted by Crippen LogP contribution is 2.32. The van der Waals surface area contributed by atoms with Crippen molar-refractivity contribution in [2.24, 2.45) is 5.92 Å². The largest absolute Gasteiger partial charge is 0.491 e. The van der Waals surface area contributed by atoms with Crippen LogP contribution in [0.2, 0.25) is 0 Å². The van der Waals surface area contributed by atoms with Gasteiger partial charge in [-0.05, 0) is 37.5 Å². The third-order valence-electron chi connectivity index (χ3n) is 5.00. The van der Waals surface area contributed by atoms with Crippen molar-refractivity contribution in [1.29, 1.82) is 5.41 Å². The van der Waals surface area contributed by atoms with Gasteiger partial charge >= 0.3 is 0 Å². The summed E-state index contributed by atoms with van der Waals surface area (Å²) in [7, 11) is 0. The quantitative estimate of drug-likeness (QED) is 0.199. The van der Waals surface area contributed by atoms with Crippen molar-refractivity contribution in [2.45, 2.75) is 39.3 Å². The Bertz CT molecular complexity index is 1010. The summed E-state index contributed by atoms with van der Waals surface area (Å²) in [5.41, 5.74) is 0. The first kappa shape index (κ1) is 28.7. The van der Waals surface area contributed by atoms with E-state index in [9.17, 15) is 23.5 Å². The average Bonchev–Trinajstić information content (AvgIpc) is 3.19. The Balaban J connectivity index is 2.09. The van der Waals surface area contributed by atoms with Gasteiger partial charge in [-0.1, -0.05) is 13.8 Å². The van der Waals surface area contributed by atoms with Crippen LogP contribution in [0.4, 0.5) is 8.78 Å². The molecule has 1 aliphatic rings. The first-order valence-electron chi connectivity index (χ1n) is 11.4. The second-order valence-electron chi connectivity index (χ2n) is 8.43. The Morgan fingerprint density at radius 3 is 2.69 bits per heavy atom. The minimum Gasteiger partial charge on any atom is -0.491 e. The molecule has 0 aromatic heterocycles. The number of rotatable bonds is 13. The zero-order valence-corrected chi connectivity index (χ0v) is 20.4. The van der Waals surface area contributed by atoms with Gasteiger partial charge in [0, 0.05) is 18.8 Å². The van der Waals surface area contributed by atoms with Gasteiger partial charge in [0.05, 0.1) is 25.9 Å². The van der Waals surface area contributed by atoms with Crippen molar-refractivity contribution in [1.82, 2.24) is 15.5 Å². The molecule has 0 saturated carbocycles. The molecule has 0 aliphatic carbocycles. The van der Waals surface area contributed by atoms with Crippen LogP contribution in [0.1, 0.15) is 27.2 Å². The van der Waals surface area contributed by atoms with Gasteiger partial charge in [0.15, 0.2) is 11.6 Å². The molecule has 0 unspecified atom stereocenters. The van der Waals surface area contributed by atoms with Crippen LogP contribution in [0.25, 0.3) is 0 Å². The number of benzene rings is 1. The summed E-state index contributed by atoms with van der Waals surface area (Å²) in [4.78, 5) is 26.8. The Kier molecular flexibility index (Phi) is 10.8. The Morgan fingerprint density at radius 2 is 2.06 bits per heavy atom. The normalized spacial score (nSPS) is 15.2. The SMILES string of the molecule is CCOc1ccc(F)c(OC2=CC(=O)N([C@@H](CC(C)C)C(=O)NC(=N)/C=C\NC[C@@H](O)CO)C2)c1F. The Morgan fingerprint density at radius 1 is 1.33 bits per heavy atom. The number of carbonyl (C=O) groups excluding carboxylic acids is 2. The Hall–Kier alpha value is -3.51. The van der Waals surface area contributed by atoms with Gasteiger partial charge in [-0.3, -0.25) is 15.0 Å². The van der Waals surface area contributed by atoms with Crippen LogP contribution in [0.5, 0.6) is 11.5 Å². The summed E-state index contributed by atoms with van der Waals surface area (Å²) in [5, 5.41) is 31.1. The predicted molar refractivity (Wildman–Crippen MR) is 127 cm³/mol. The van der Waals surface area contributed by atoms with Crippen LogP contribution in [0.3, 0.4) is 0 Å². The van der Waals surface area contributed by atoms with Crippen molar-refractivity contribution < 1.29 is 38.1 Å². The lowest BCUT2D eigenvalue weighted by atomic mass is 10.0. The van der Waals surface area contributed by atoms with Gasteiger partial charge in [0.25, 0.3) is 5.91 Å². The minimum absolute atomic E-state index is 0.00245. The van der Waals surface area contributed by atoms with Crippen molar-refractivity contribution in [3.63, 3.8) is 0 Å². The first-order valence-corrected chi connectivity index (χ1v) is 11.4. The fourth-order valence-electron chi connectivity index (χ4n) is 3.33. The lowest BCUT2D eigenvalue weighted by Gasteiger charge is -2.28. The maximum Gasteiger partial charge on any atom is 0.251 e. The molecule has 5 N–H and O–H groups in total. The number of halogens is 2. The molecule has 10 nitrogen and oxygen atoms in total. The van der Waals surface area contributed by atoms with Crippen LogP contribution in [-0.4, -0.2) is 71.2 Å². The van der Waals surface area contributed by atoms with Crippen molar-refractivity contribution in [3.05, 3.63) is 47.9 Å². The van der Waals surface area contributed by atoms with E-state index in [1.165, 1.54) is 17.2 Å². The topological polar surface area (TPSA) is 144 Å². The number of aliphatic hydroxyl groups excluding tert-OH is 2. The summed E-state index contributed by atoms with van der Waals surface area (Å²) in [6, 6.07) is 1.15. The van der Waals surface area contributed by atoms with Gasteiger partial charge in [-0.25, -0.2) is 4.39 Å². The van der Waals surface area contributed by atoms with Gasteiger partial charge in [-0.2, -0.15) is 4.39 Å². The lowest BCUT2D eigenvalue weighted by Crippen LogP contribution is -2.49. The fraction of sp³-hybridized carbons (Fsp3) is 0.458. The lowest BCUT2D eigenvalue weighted by molar-refractivity contribution is -0.135. The molecule has 36 heavy (non-hydrogen) atoms. The molecule has 0 bridgehead atoms. The zero-order valence-electron chi connectivity index (χ0n) is 20.4. The molecule has 1 aliphatic heterocycles. The Labute approximate surface area is 208 Å². The van der Waals surface area contributed by atoms with Gasteiger partial charge < -0.3 is 35.2 Å². The molecule has 0 fully saturated rings. The second-order valence-corrected chi connectivity index (χ2v) is 8.43. The van der Waals surface area contributed by atoms with E-state index < -0.39 is 48.0 Å². The number of amidine groups is 1. The smallest absolute Gasteiger partial charge is 0.251 e. The molecule has 2 atom stereocenters. The van der Waals surface area contributed by atoms with Crippen LogP contribution in [-0.2, 0) is 9.59 Å². The average molecular weight is 511 g/mol. The van der Waals surface area contributed by atoms with E-state index in [-0.39, 0.29) is 49.4 Å². The second kappa shape index (κ2) is 13.5. The summed E-state index contributed by atoms with van der Waals surface area (Å²) < 4.78 is 39.4. The van der Waals surface area contributed by atoms with E-state index in [1.54, 1.807) is 6.92 Å². The van der Waals surface area contributed by atoms with Crippen LogP contribution in [0, 0.1) is 23.0 Å². The number of hydrogen-bond acceptors (Lipinski definition) is 8. The molecule has 0 saturated heterocycles. The third-order valence-corrected chi connectivity index (χ3v) is 5.00. The standard InChI is InChI=1S/C24H32F2N4O6/c1-4-35-19-6-5-17(25)23(22(19)26)36-16-10-21(33)30(12-16)18(9-14(2)3)24(34)29-20(27)7-8-28-11-15(32)13-31/h5-8,10,14-15,18,28,31-32H,4,9,11-13H2,1-3H3,(H2,27,29,34)/b8-7-/t15-,18+/m1/s1. The van der Waals surface area contributed by atoms with Gasteiger partial charge in [0.2, 0.25) is 17.5 Å². The predicted octanol–water partition coefficient (Wildman–Crippen LogP) is 1.43. The number of nitrogens with zero attached hydrogens (tertiary/aromatic N) is 1. The molecule has 198 valence electrons. The highest BCUT2D eigenvalue weighted by atomic mass is 19.1. The van der Waals surface area contributed by atoms with Gasteiger partial charge in [0.1, 0.15) is 17.6 Å². The van der Waals surface area contributed by atoms with E-state index in [2.05, 4.69) is 10.6 Å². The number of aliphatic hydroxyl groups is 2. The highest BCUT2D eigenvalue weighted by Gasteiger charge is 2.35. The van der Waals surface area contributed by atoms with Gasteiger partial charge in [-0.15, -0.1) is 0 Å². The van der Waals surface area contributed by atoms with E-state index in [1.807, 2.05) is 13.8 Å². The summed E-state index contributed by atoms with van der Waals surface area (Å²) in [6.45, 7) is 4.95. The molecule has 2 rings (SSSR count). The monoisotopic (exact) mass is 510 g/mol. The van der Waals surface area contributed by atoms with E-state index in [0.29, 0.717) is 0 Å². The number of amides is 2. The van der Waals surface area contributed by atoms with Crippen LogP contribution >= 0.6 is 0 Å². The molecule has 1 aromatic rings. The van der Waals surface area contributed by atoms with E-state index >= 15 is 0 Å². The molecule has 12 heteroatoms. The summed E-state index contributed by atoms with van der Waals surface area (Å²) in [5.74, 6) is -4.43. The molecule has 2 amide bonds. The molecule has 1 aromatic carbocycles. The van der Waals surface area contributed by atoms with E-state index in [0.717, 1.165) is 18.2 Å². The zero-order chi connectivity index (χ0) is 26.8. The number of nitrogens with one attached hydrogen (secondary N) is 3. The molecular formula is C24H32F2N4O6. The first-order chi connectivity index (χ1) is 17.1. The molecule has 0 spiro atoms. The van der Waals surface area contributed by atoms with Crippen molar-refractivity contribution in [3.8, 4) is 11.5 Å². The van der Waals surface area contributed by atoms with Crippen LogP contribution < -0.4 is 20.1 Å². The molecule has 0 radical (unpaired) electrons. The number of ether oxygens (including phenoxy) is 2. The minimum atomic E-state index is -1.04. The summed E-state index contributed by atoms with van der Waals surface area (Å²) in [6.07, 6.45) is 2.92. The fourth-order valence-corrected chi connectivity index (χ4v) is 3.33. The molecule has 1 heterocycles. The highest BCUT2D eigenvalue weighted by molar-refractivity contribution is 6.05.